The predicted molar refractivity (Wildman–Crippen MR) is 84.4 cm³/mol. The van der Waals surface area contributed by atoms with Gasteiger partial charge in [0, 0.05) is 17.7 Å². The minimum atomic E-state index is 0.859. The van der Waals surface area contributed by atoms with Crippen molar-refractivity contribution in [1.82, 2.24) is 20.0 Å². The Morgan fingerprint density at radius 1 is 1.05 bits per heavy atom. The van der Waals surface area contributed by atoms with Gasteiger partial charge in [-0.05, 0) is 25.1 Å². The molecule has 0 bridgehead atoms. The zero-order valence-electron chi connectivity index (χ0n) is 12.3. The molecule has 2 aromatic carbocycles. The summed E-state index contributed by atoms with van der Waals surface area (Å²) in [5, 5.41) is 13.8. The van der Waals surface area contributed by atoms with Crippen LogP contribution in [0.1, 0.15) is 12.0 Å². The van der Waals surface area contributed by atoms with E-state index in [1.165, 1.54) is 22.6 Å². The second-order valence-corrected chi connectivity index (χ2v) is 5.25. The number of nitrogens with zero attached hydrogens (tertiary/aromatic N) is 4. The molecule has 0 radical (unpaired) electrons. The molecule has 21 heavy (non-hydrogen) atoms. The van der Waals surface area contributed by atoms with Crippen molar-refractivity contribution in [2.24, 2.45) is 0 Å². The van der Waals surface area contributed by atoms with Crippen LogP contribution in [-0.2, 0) is 0 Å². The maximum atomic E-state index is 3.76. The fourth-order valence-electron chi connectivity index (χ4n) is 2.47. The highest BCUT2D eigenvalue weighted by Crippen LogP contribution is 2.03. The molecule has 0 fully saturated rings. The van der Waals surface area contributed by atoms with E-state index in [-0.39, 0.29) is 0 Å². The van der Waals surface area contributed by atoms with Crippen molar-refractivity contribution in [1.29, 1.82) is 0 Å². The fraction of sp³-hybridized carbons (Fsp3) is 0.235. The molecule has 0 atom stereocenters. The van der Waals surface area contributed by atoms with E-state index in [0.29, 0.717) is 0 Å². The topological polar surface area (TPSA) is 42.9 Å². The molecular formula is C17H18N4. The highest BCUT2D eigenvalue weighted by molar-refractivity contribution is 5.72. The summed E-state index contributed by atoms with van der Waals surface area (Å²) >= 11 is 0. The van der Waals surface area contributed by atoms with Crippen LogP contribution >= 0.6 is 0 Å². The minimum absolute atomic E-state index is 0.859. The third-order valence-electron chi connectivity index (χ3n) is 3.61. The third-order valence-corrected chi connectivity index (χ3v) is 3.61. The van der Waals surface area contributed by atoms with Gasteiger partial charge < -0.3 is 15.4 Å². The Morgan fingerprint density at radius 3 is 2.48 bits per heavy atom. The van der Waals surface area contributed by atoms with Gasteiger partial charge in [-0.2, -0.15) is 0 Å². The Balaban J connectivity index is 0.000000131. The molecule has 3 aromatic rings. The van der Waals surface area contributed by atoms with E-state index in [1.54, 1.807) is 0 Å². The van der Waals surface area contributed by atoms with E-state index in [2.05, 4.69) is 58.2 Å². The average Bonchev–Trinajstić information content (AvgIpc) is 2.96. The summed E-state index contributed by atoms with van der Waals surface area (Å²) in [5.74, 6) is 0. The first-order chi connectivity index (χ1) is 10.2. The quantitative estimate of drug-likeness (QED) is 0.574. The first kappa shape index (κ1) is 13.5. The van der Waals surface area contributed by atoms with Gasteiger partial charge in [0.05, 0.1) is 11.0 Å². The van der Waals surface area contributed by atoms with Gasteiger partial charge in [-0.1, -0.05) is 29.8 Å². The Morgan fingerprint density at radius 2 is 1.76 bits per heavy atom. The third kappa shape index (κ3) is 2.99. The lowest BCUT2D eigenvalue weighted by Gasteiger charge is -2.01. The normalized spacial score (nSPS) is 13.1. The molecule has 0 saturated carbocycles. The molecule has 0 amide bonds. The van der Waals surface area contributed by atoms with E-state index in [1.807, 2.05) is 24.3 Å². The number of hydrogen-bond donors (Lipinski definition) is 0. The van der Waals surface area contributed by atoms with Crippen molar-refractivity contribution in [2.75, 3.05) is 13.6 Å². The first-order valence-corrected chi connectivity index (χ1v) is 7.10. The number of aromatic nitrogens is 3. The molecule has 2 heterocycles. The van der Waals surface area contributed by atoms with Gasteiger partial charge in [0.1, 0.15) is 13.6 Å². The first-order valence-electron chi connectivity index (χ1n) is 7.10. The number of hydrogen-bond acceptors (Lipinski definition) is 2. The van der Waals surface area contributed by atoms with Gasteiger partial charge in [0.25, 0.3) is 0 Å². The van der Waals surface area contributed by atoms with Crippen LogP contribution in [0.4, 0.5) is 0 Å². The molecule has 4 nitrogen and oxygen atoms in total. The molecule has 1 aliphatic rings. The van der Waals surface area contributed by atoms with Crippen LogP contribution in [-0.4, -0.2) is 23.8 Å². The lowest BCUT2D eigenvalue weighted by molar-refractivity contribution is 0.665. The molecule has 0 N–H and O–H groups in total. The summed E-state index contributed by atoms with van der Waals surface area (Å²) in [7, 11) is 2.15. The zero-order chi connectivity index (χ0) is 14.7. The van der Waals surface area contributed by atoms with Crippen LogP contribution in [0.25, 0.3) is 17.1 Å². The molecule has 0 spiro atoms. The summed E-state index contributed by atoms with van der Waals surface area (Å²) in [4.78, 5) is 0. The molecule has 0 aliphatic carbocycles. The van der Waals surface area contributed by atoms with Crippen molar-refractivity contribution in [3.63, 3.8) is 0 Å². The van der Waals surface area contributed by atoms with Gasteiger partial charge in [0.15, 0.2) is 0 Å². The molecule has 4 heteroatoms. The van der Waals surface area contributed by atoms with E-state index < -0.39 is 0 Å². The van der Waals surface area contributed by atoms with Crippen molar-refractivity contribution in [2.45, 2.75) is 13.3 Å². The van der Waals surface area contributed by atoms with Gasteiger partial charge in [0.2, 0.25) is 5.36 Å². The van der Waals surface area contributed by atoms with Gasteiger partial charge in [-0.15, -0.1) is 0 Å². The number of rotatable bonds is 0. The monoisotopic (exact) mass is 278 g/mol. The second-order valence-electron chi connectivity index (χ2n) is 5.25. The summed E-state index contributed by atoms with van der Waals surface area (Å²) in [6, 6.07) is 14.2. The van der Waals surface area contributed by atoms with Gasteiger partial charge >= 0.3 is 0 Å². The maximum Gasteiger partial charge on any atom is 0.206 e. The van der Waals surface area contributed by atoms with Crippen LogP contribution in [0, 0.1) is 6.92 Å². The SMILES string of the molecule is Cc1ccc2c(c1)=CCC[N+]=2C.c1ccc2n[n-]nc2c1. The van der Waals surface area contributed by atoms with Crippen molar-refractivity contribution in [3.05, 3.63) is 58.6 Å². The van der Waals surface area contributed by atoms with Gasteiger partial charge in [-0.25, -0.2) is 4.58 Å². The van der Waals surface area contributed by atoms with E-state index >= 15 is 0 Å². The van der Waals surface area contributed by atoms with E-state index in [0.717, 1.165) is 17.6 Å². The summed E-state index contributed by atoms with van der Waals surface area (Å²) in [6.07, 6.45) is 3.50. The summed E-state index contributed by atoms with van der Waals surface area (Å²) in [5.41, 5.74) is 3.07. The van der Waals surface area contributed by atoms with Crippen LogP contribution in [0.2, 0.25) is 0 Å². The molecular weight excluding hydrogens is 260 g/mol. The summed E-state index contributed by atoms with van der Waals surface area (Å²) in [6.45, 7) is 3.29. The lowest BCUT2D eigenvalue weighted by atomic mass is 10.1. The Labute approximate surface area is 123 Å². The number of benzene rings is 2. The standard InChI is InChI=1S/C11H14N.C6H4N3/c1-9-5-6-11-10(8-9)4-3-7-12(11)2;1-2-4-6-5(3-1)7-9-8-6/h4-6,8H,3,7H2,1-2H3;1-4H/q+1;-1. The predicted octanol–water partition coefficient (Wildman–Crippen LogP) is 0.887. The minimum Gasteiger partial charge on any atom is -0.492 e. The molecule has 106 valence electrons. The summed E-state index contributed by atoms with van der Waals surface area (Å²) < 4.78 is 2.31. The average molecular weight is 278 g/mol. The number of aryl methyl sites for hydroxylation is 1. The van der Waals surface area contributed by atoms with Crippen LogP contribution in [0.3, 0.4) is 0 Å². The Hall–Kier alpha value is -2.49. The van der Waals surface area contributed by atoms with Crippen LogP contribution in [0.15, 0.2) is 42.5 Å². The van der Waals surface area contributed by atoms with Crippen LogP contribution in [0.5, 0.6) is 0 Å². The Kier molecular flexibility index (Phi) is 3.77. The van der Waals surface area contributed by atoms with Crippen molar-refractivity contribution >= 4 is 17.1 Å². The molecule has 1 aromatic heterocycles. The molecule has 1 aliphatic heterocycles. The smallest absolute Gasteiger partial charge is 0.206 e. The van der Waals surface area contributed by atoms with Gasteiger partial charge in [-0.3, -0.25) is 0 Å². The fourth-order valence-corrected chi connectivity index (χ4v) is 2.47. The highest BCUT2D eigenvalue weighted by Gasteiger charge is 2.04. The second kappa shape index (κ2) is 5.87. The molecule has 4 rings (SSSR count). The molecule has 0 saturated heterocycles. The lowest BCUT2D eigenvalue weighted by Crippen LogP contribution is -2.41. The maximum absolute atomic E-state index is 3.76. The largest absolute Gasteiger partial charge is 0.492 e. The van der Waals surface area contributed by atoms with Crippen molar-refractivity contribution in [3.8, 4) is 0 Å². The van der Waals surface area contributed by atoms with Crippen molar-refractivity contribution < 1.29 is 0 Å². The van der Waals surface area contributed by atoms with E-state index in [4.69, 9.17) is 0 Å². The number of fused-ring (bicyclic) bond motifs is 2. The molecule has 0 unspecified atom stereocenters. The highest BCUT2D eigenvalue weighted by atomic mass is 15.3. The zero-order valence-corrected chi connectivity index (χ0v) is 12.3. The van der Waals surface area contributed by atoms with Crippen LogP contribution < -0.4 is 20.4 Å². The Bertz CT molecular complexity index is 847. The van der Waals surface area contributed by atoms with E-state index in [9.17, 15) is 0 Å².